The second-order valence-corrected chi connectivity index (χ2v) is 8.02. The van der Waals surface area contributed by atoms with Crippen LogP contribution >= 0.6 is 0 Å². The summed E-state index contributed by atoms with van der Waals surface area (Å²) in [5, 5.41) is 62.0. The minimum Gasteiger partial charge on any atom is -0.392 e. The molecule has 0 unspecified atom stereocenters. The maximum atomic E-state index is 11.4. The first-order valence-electron chi connectivity index (χ1n) is 10.1. The zero-order valence-corrected chi connectivity index (χ0v) is 17.5. The second kappa shape index (κ2) is 9.72. The van der Waals surface area contributed by atoms with Crippen LogP contribution in [0.5, 0.6) is 0 Å². The van der Waals surface area contributed by atoms with Crippen LogP contribution in [-0.4, -0.2) is 68.3 Å². The van der Waals surface area contributed by atoms with Crippen molar-refractivity contribution in [2.45, 2.75) is 62.9 Å². The van der Waals surface area contributed by atoms with Crippen LogP contribution in [0, 0.1) is 0 Å². The molecule has 0 spiro atoms. The van der Waals surface area contributed by atoms with Crippen LogP contribution in [-0.2, 0) is 34.9 Å². The van der Waals surface area contributed by atoms with Gasteiger partial charge in [-0.1, -0.05) is 36.4 Å². The maximum absolute atomic E-state index is 11.4. The molecule has 6 N–H and O–H groups in total. The third-order valence-corrected chi connectivity index (χ3v) is 5.67. The quantitative estimate of drug-likeness (QED) is 0.356. The van der Waals surface area contributed by atoms with Gasteiger partial charge in [-0.15, -0.1) is 0 Å². The smallest absolute Gasteiger partial charge is 0.222 e. The molecule has 0 aliphatic carbocycles. The molecule has 0 aromatic heterocycles. The molecule has 31 heavy (non-hydrogen) atoms. The number of rotatable bonds is 7. The second-order valence-electron chi connectivity index (χ2n) is 8.02. The first kappa shape index (κ1) is 23.8. The van der Waals surface area contributed by atoms with Crippen molar-refractivity contribution >= 4 is 0 Å². The van der Waals surface area contributed by atoms with E-state index in [-0.39, 0.29) is 12.2 Å². The van der Waals surface area contributed by atoms with Crippen LogP contribution < -0.4 is 0 Å². The normalized spacial score (nSPS) is 29.7. The summed E-state index contributed by atoms with van der Waals surface area (Å²) in [5.41, 5.74) is 3.12. The molecular weight excluding hydrogens is 404 g/mol. The number of hydrogen-bond acceptors (Lipinski definition) is 8. The molecule has 1 fully saturated rings. The van der Waals surface area contributed by atoms with Gasteiger partial charge in [0.2, 0.25) is 5.79 Å². The van der Waals surface area contributed by atoms with Crippen LogP contribution in [0.2, 0.25) is 0 Å². The Labute approximate surface area is 180 Å². The van der Waals surface area contributed by atoms with Crippen molar-refractivity contribution in [2.24, 2.45) is 0 Å². The number of methoxy groups -OCH3 is 1. The van der Waals surface area contributed by atoms with Crippen molar-refractivity contribution in [1.82, 2.24) is 0 Å². The summed E-state index contributed by atoms with van der Waals surface area (Å²) in [4.78, 5) is 0. The topological polar surface area (TPSA) is 140 Å². The van der Waals surface area contributed by atoms with Crippen molar-refractivity contribution in [3.63, 3.8) is 0 Å². The Balaban J connectivity index is 2.02. The Morgan fingerprint density at radius 1 is 1.00 bits per heavy atom. The Morgan fingerprint density at radius 2 is 1.61 bits per heavy atom. The number of aliphatic hydroxyl groups is 6. The van der Waals surface area contributed by atoms with Gasteiger partial charge in [-0.2, -0.15) is 0 Å². The Morgan fingerprint density at radius 3 is 2.19 bits per heavy atom. The van der Waals surface area contributed by atoms with Gasteiger partial charge in [0.05, 0.1) is 19.3 Å². The fraction of sp³-hybridized carbons (Fsp3) is 0.478. The Bertz CT molecular complexity index is 868. The van der Waals surface area contributed by atoms with Crippen LogP contribution in [0.3, 0.4) is 0 Å². The molecule has 0 radical (unpaired) electrons. The minimum atomic E-state index is -2.41. The lowest BCUT2D eigenvalue weighted by atomic mass is 9.83. The minimum absolute atomic E-state index is 0.143. The zero-order valence-electron chi connectivity index (χ0n) is 17.5. The van der Waals surface area contributed by atoms with E-state index in [4.69, 9.17) is 9.47 Å². The summed E-state index contributed by atoms with van der Waals surface area (Å²) in [6.07, 6.45) is -7.41. The van der Waals surface area contributed by atoms with Crippen molar-refractivity contribution in [3.05, 3.63) is 70.3 Å². The summed E-state index contributed by atoms with van der Waals surface area (Å²) in [5.74, 6) is -2.41. The van der Waals surface area contributed by atoms with Crippen molar-refractivity contribution in [1.29, 1.82) is 0 Å². The number of benzene rings is 2. The van der Waals surface area contributed by atoms with E-state index in [0.717, 1.165) is 11.1 Å². The summed E-state index contributed by atoms with van der Waals surface area (Å²) < 4.78 is 10.7. The molecule has 2 aromatic rings. The summed E-state index contributed by atoms with van der Waals surface area (Å²) in [6, 6.07) is 12.5. The van der Waals surface area contributed by atoms with Gasteiger partial charge in [0, 0.05) is 12.7 Å². The summed E-state index contributed by atoms with van der Waals surface area (Å²) in [6.45, 7) is 1.53. The first-order chi connectivity index (χ1) is 14.7. The SMILES string of the molecule is COCc1ccc(Cc2ccc(CO)cc2[C@@]2(O)O[C@H]([C@H](C)O)[C@@H](O)[C@H](O)[C@H]2O)cc1. The van der Waals surface area contributed by atoms with Crippen LogP contribution in [0.1, 0.15) is 34.7 Å². The molecule has 0 amide bonds. The highest BCUT2D eigenvalue weighted by Gasteiger charge is 2.55. The van der Waals surface area contributed by atoms with E-state index in [0.29, 0.717) is 24.2 Å². The Kier molecular flexibility index (Phi) is 7.46. The predicted octanol–water partition coefficient (Wildman–Crippen LogP) is -0.0765. The maximum Gasteiger partial charge on any atom is 0.222 e. The van der Waals surface area contributed by atoms with Gasteiger partial charge < -0.3 is 40.1 Å². The molecule has 8 heteroatoms. The van der Waals surface area contributed by atoms with Gasteiger partial charge in [0.25, 0.3) is 0 Å². The molecule has 0 saturated carbocycles. The lowest BCUT2D eigenvalue weighted by molar-refractivity contribution is -0.364. The highest BCUT2D eigenvalue weighted by atomic mass is 16.7. The van der Waals surface area contributed by atoms with E-state index in [1.807, 2.05) is 24.3 Å². The van der Waals surface area contributed by atoms with Gasteiger partial charge in [0.1, 0.15) is 24.4 Å². The van der Waals surface area contributed by atoms with Crippen molar-refractivity contribution in [3.8, 4) is 0 Å². The molecule has 1 heterocycles. The van der Waals surface area contributed by atoms with E-state index in [2.05, 4.69) is 0 Å². The monoisotopic (exact) mass is 434 g/mol. The molecule has 3 rings (SSSR count). The average molecular weight is 434 g/mol. The van der Waals surface area contributed by atoms with Gasteiger partial charge in [-0.25, -0.2) is 0 Å². The number of aliphatic hydroxyl groups excluding tert-OH is 5. The van der Waals surface area contributed by atoms with Gasteiger partial charge in [-0.05, 0) is 41.7 Å². The van der Waals surface area contributed by atoms with E-state index in [1.165, 1.54) is 13.0 Å². The van der Waals surface area contributed by atoms with Crippen molar-refractivity contribution < 1.29 is 40.1 Å². The van der Waals surface area contributed by atoms with Crippen molar-refractivity contribution in [2.75, 3.05) is 7.11 Å². The summed E-state index contributed by atoms with van der Waals surface area (Å²) in [7, 11) is 1.62. The largest absolute Gasteiger partial charge is 0.392 e. The van der Waals surface area contributed by atoms with Gasteiger partial charge in [-0.3, -0.25) is 0 Å². The third-order valence-electron chi connectivity index (χ3n) is 5.67. The van der Waals surface area contributed by atoms with Crippen LogP contribution in [0.15, 0.2) is 42.5 Å². The zero-order chi connectivity index (χ0) is 22.8. The molecule has 6 atom stereocenters. The van der Waals surface area contributed by atoms with E-state index >= 15 is 0 Å². The molecule has 1 aliphatic heterocycles. The van der Waals surface area contributed by atoms with Gasteiger partial charge in [0.15, 0.2) is 0 Å². The first-order valence-corrected chi connectivity index (χ1v) is 10.1. The molecule has 1 aliphatic rings. The molecular formula is C23H30O8. The highest BCUT2D eigenvalue weighted by molar-refractivity contribution is 5.40. The third kappa shape index (κ3) is 4.82. The average Bonchev–Trinajstić information content (AvgIpc) is 2.76. The lowest BCUT2D eigenvalue weighted by Crippen LogP contribution is -2.65. The molecule has 2 aromatic carbocycles. The molecule has 170 valence electrons. The van der Waals surface area contributed by atoms with Crippen LogP contribution in [0.25, 0.3) is 0 Å². The van der Waals surface area contributed by atoms with E-state index in [1.54, 1.807) is 19.2 Å². The summed E-state index contributed by atoms with van der Waals surface area (Å²) >= 11 is 0. The fourth-order valence-corrected chi connectivity index (χ4v) is 3.92. The predicted molar refractivity (Wildman–Crippen MR) is 111 cm³/mol. The Hall–Kier alpha value is -1.88. The van der Waals surface area contributed by atoms with Crippen LogP contribution in [0.4, 0.5) is 0 Å². The number of ether oxygens (including phenoxy) is 2. The highest BCUT2D eigenvalue weighted by Crippen LogP contribution is 2.39. The fourth-order valence-electron chi connectivity index (χ4n) is 3.92. The molecule has 0 bridgehead atoms. The van der Waals surface area contributed by atoms with E-state index in [9.17, 15) is 30.6 Å². The number of hydrogen-bond donors (Lipinski definition) is 6. The molecule has 8 nitrogen and oxygen atoms in total. The van der Waals surface area contributed by atoms with E-state index < -0.39 is 36.3 Å². The lowest BCUT2D eigenvalue weighted by Gasteiger charge is -2.47. The van der Waals surface area contributed by atoms with Gasteiger partial charge >= 0.3 is 0 Å². The molecule has 1 saturated heterocycles. The standard InChI is InChI=1S/C23H30O8/c1-13(25)21-19(26)20(27)22(28)23(29,31-21)18-10-16(11-24)7-8-17(18)9-14-3-5-15(6-4-14)12-30-2/h3-8,10,13,19-22,24-29H,9,11-12H2,1-2H3/t13-,19-,20-,21+,22+,23+/m0/s1.